The lowest BCUT2D eigenvalue weighted by atomic mass is 9.89. The van der Waals surface area contributed by atoms with Gasteiger partial charge in [-0.15, -0.1) is 0 Å². The smallest absolute Gasteiger partial charge is 0.255 e. The zero-order valence-corrected chi connectivity index (χ0v) is 17.8. The van der Waals surface area contributed by atoms with Gasteiger partial charge in [0.25, 0.3) is 5.91 Å². The molecule has 2 aromatic rings. The third kappa shape index (κ3) is 4.77. The summed E-state index contributed by atoms with van der Waals surface area (Å²) in [6, 6.07) is 5.80. The van der Waals surface area contributed by atoms with Crippen molar-refractivity contribution < 1.29 is 18.8 Å². The number of hydrogen-bond acceptors (Lipinski definition) is 4. The molecule has 0 atom stereocenters. The maximum absolute atomic E-state index is 13.1. The van der Waals surface area contributed by atoms with Crippen LogP contribution in [0.1, 0.15) is 56.8 Å². The Bertz CT molecular complexity index is 974. The van der Waals surface area contributed by atoms with Gasteiger partial charge in [-0.3, -0.25) is 14.4 Å². The standard InChI is InChI=1S/C24H28FN3O3/c1-26-12-9-22(29)20-15-28(16-21(20)24(26)31)11-2-10-27-13-7-18(8-14-27)23(30)17-3-5-19(25)6-4-17/h3-6,15-16,18H,2,7-14H2,1H3. The van der Waals surface area contributed by atoms with Gasteiger partial charge in [-0.1, -0.05) is 0 Å². The first-order chi connectivity index (χ1) is 14.9. The van der Waals surface area contributed by atoms with Gasteiger partial charge in [0.1, 0.15) is 5.82 Å². The predicted molar refractivity (Wildman–Crippen MR) is 115 cm³/mol. The Morgan fingerprint density at radius 3 is 2.39 bits per heavy atom. The van der Waals surface area contributed by atoms with Crippen LogP contribution in [-0.2, 0) is 6.54 Å². The van der Waals surface area contributed by atoms with Gasteiger partial charge in [-0.25, -0.2) is 4.39 Å². The minimum Gasteiger partial charge on any atom is -0.353 e. The second-order valence-corrected chi connectivity index (χ2v) is 8.56. The van der Waals surface area contributed by atoms with Crippen LogP contribution in [0.15, 0.2) is 36.7 Å². The first-order valence-corrected chi connectivity index (χ1v) is 10.9. The van der Waals surface area contributed by atoms with Crippen molar-refractivity contribution in [1.29, 1.82) is 0 Å². The van der Waals surface area contributed by atoms with Crippen molar-refractivity contribution in [3.05, 3.63) is 59.2 Å². The second kappa shape index (κ2) is 9.14. The van der Waals surface area contributed by atoms with Crippen LogP contribution in [0, 0.1) is 11.7 Å². The molecule has 0 saturated carbocycles. The number of aromatic nitrogens is 1. The summed E-state index contributed by atoms with van der Waals surface area (Å²) in [7, 11) is 1.73. The summed E-state index contributed by atoms with van der Waals surface area (Å²) >= 11 is 0. The Balaban J connectivity index is 1.26. The van der Waals surface area contributed by atoms with Gasteiger partial charge in [0.2, 0.25) is 0 Å². The first kappa shape index (κ1) is 21.4. The first-order valence-electron chi connectivity index (χ1n) is 10.9. The average molecular weight is 426 g/mol. The Morgan fingerprint density at radius 1 is 1.00 bits per heavy atom. The van der Waals surface area contributed by atoms with Crippen molar-refractivity contribution >= 4 is 17.5 Å². The molecule has 0 radical (unpaired) electrons. The molecule has 0 bridgehead atoms. The summed E-state index contributed by atoms with van der Waals surface area (Å²) < 4.78 is 15.0. The molecule has 1 fully saturated rings. The summed E-state index contributed by atoms with van der Waals surface area (Å²) in [5, 5.41) is 0. The molecule has 164 valence electrons. The van der Waals surface area contributed by atoms with Gasteiger partial charge in [0.15, 0.2) is 11.6 Å². The molecular weight excluding hydrogens is 397 g/mol. The van der Waals surface area contributed by atoms with Crippen molar-refractivity contribution in [2.24, 2.45) is 5.92 Å². The largest absolute Gasteiger partial charge is 0.353 e. The molecule has 0 aliphatic carbocycles. The number of benzene rings is 1. The van der Waals surface area contributed by atoms with Crippen molar-refractivity contribution in [2.45, 2.75) is 32.2 Å². The molecule has 0 N–H and O–H groups in total. The van der Waals surface area contributed by atoms with Crippen molar-refractivity contribution in [3.8, 4) is 0 Å². The molecule has 31 heavy (non-hydrogen) atoms. The lowest BCUT2D eigenvalue weighted by molar-refractivity contribution is 0.0795. The fraction of sp³-hybridized carbons (Fsp3) is 0.458. The number of Topliss-reactive ketones (excluding diaryl/α,β-unsaturated/α-hetero) is 2. The molecule has 6 nitrogen and oxygen atoms in total. The molecule has 2 aliphatic rings. The van der Waals surface area contributed by atoms with Crippen LogP contribution in [0.4, 0.5) is 4.39 Å². The Hall–Kier alpha value is -2.80. The Kier molecular flexibility index (Phi) is 6.32. The Morgan fingerprint density at radius 2 is 1.68 bits per heavy atom. The number of hydrogen-bond donors (Lipinski definition) is 0. The number of carbonyl (C=O) groups is 3. The minimum atomic E-state index is -0.328. The van der Waals surface area contributed by atoms with Gasteiger partial charge in [-0.05, 0) is 63.2 Å². The van der Waals surface area contributed by atoms with Crippen LogP contribution in [-0.4, -0.2) is 65.1 Å². The van der Waals surface area contributed by atoms with Gasteiger partial charge in [-0.2, -0.15) is 0 Å². The summed E-state index contributed by atoms with van der Waals surface area (Å²) in [5.41, 5.74) is 1.63. The van der Waals surface area contributed by atoms with Crippen LogP contribution < -0.4 is 0 Å². The Labute approximate surface area is 181 Å². The van der Waals surface area contributed by atoms with E-state index >= 15 is 0 Å². The number of aryl methyl sites for hydroxylation is 1. The number of ketones is 2. The van der Waals surface area contributed by atoms with E-state index in [4.69, 9.17) is 0 Å². The second-order valence-electron chi connectivity index (χ2n) is 8.56. The molecule has 2 aliphatic heterocycles. The highest BCUT2D eigenvalue weighted by Gasteiger charge is 2.27. The summed E-state index contributed by atoms with van der Waals surface area (Å²) in [5.74, 6) is -0.290. The average Bonchev–Trinajstić information content (AvgIpc) is 3.18. The van der Waals surface area contributed by atoms with E-state index < -0.39 is 0 Å². The van der Waals surface area contributed by atoms with E-state index in [9.17, 15) is 18.8 Å². The van der Waals surface area contributed by atoms with E-state index in [0.29, 0.717) is 29.7 Å². The number of nitrogens with zero attached hydrogens (tertiary/aromatic N) is 3. The van der Waals surface area contributed by atoms with Crippen molar-refractivity contribution in [1.82, 2.24) is 14.4 Å². The summed E-state index contributed by atoms with van der Waals surface area (Å²) in [6.45, 7) is 3.84. The van der Waals surface area contributed by atoms with Crippen molar-refractivity contribution in [3.63, 3.8) is 0 Å². The number of fused-ring (bicyclic) bond motifs is 1. The van der Waals surface area contributed by atoms with Crippen LogP contribution in [0.25, 0.3) is 0 Å². The van der Waals surface area contributed by atoms with Crippen LogP contribution in [0.5, 0.6) is 0 Å². The lowest BCUT2D eigenvalue weighted by Crippen LogP contribution is -2.37. The van der Waals surface area contributed by atoms with Crippen LogP contribution in [0.3, 0.4) is 0 Å². The normalized spacial score (nSPS) is 18.2. The molecular formula is C24H28FN3O3. The topological polar surface area (TPSA) is 62.6 Å². The van der Waals surface area contributed by atoms with Crippen molar-refractivity contribution in [2.75, 3.05) is 33.2 Å². The van der Waals surface area contributed by atoms with Gasteiger partial charge in [0, 0.05) is 56.0 Å². The van der Waals surface area contributed by atoms with Gasteiger partial charge < -0.3 is 14.4 Å². The maximum Gasteiger partial charge on any atom is 0.255 e. The monoisotopic (exact) mass is 425 g/mol. The highest BCUT2D eigenvalue weighted by atomic mass is 19.1. The predicted octanol–water partition coefficient (Wildman–Crippen LogP) is 3.27. The van der Waals surface area contributed by atoms with E-state index in [1.165, 1.54) is 12.1 Å². The molecule has 0 unspecified atom stereocenters. The number of carbonyl (C=O) groups excluding carboxylic acids is 3. The molecule has 0 spiro atoms. The van der Waals surface area contributed by atoms with E-state index in [1.54, 1.807) is 30.3 Å². The zero-order chi connectivity index (χ0) is 22.0. The van der Waals surface area contributed by atoms with E-state index in [1.807, 2.05) is 10.8 Å². The SMILES string of the molecule is CN1CCC(=O)c2cn(CCCN3CCC(C(=O)c4ccc(F)cc4)CC3)cc2C1=O. The lowest BCUT2D eigenvalue weighted by Gasteiger charge is -2.31. The summed E-state index contributed by atoms with van der Waals surface area (Å²) in [6.07, 6.45) is 6.49. The molecule has 7 heteroatoms. The molecule has 4 rings (SSSR count). The fourth-order valence-corrected chi connectivity index (χ4v) is 4.49. The van der Waals surface area contributed by atoms with Crippen LogP contribution >= 0.6 is 0 Å². The number of rotatable bonds is 6. The molecule has 3 heterocycles. The van der Waals surface area contributed by atoms with Gasteiger partial charge >= 0.3 is 0 Å². The number of likely N-dealkylation sites (tertiary alicyclic amines) is 1. The van der Waals surface area contributed by atoms with E-state index in [-0.39, 0.29) is 29.2 Å². The maximum atomic E-state index is 13.1. The molecule has 1 aromatic carbocycles. The zero-order valence-electron chi connectivity index (χ0n) is 17.8. The number of amides is 1. The minimum absolute atomic E-state index is 0.00386. The quantitative estimate of drug-likeness (QED) is 0.667. The molecule has 1 aromatic heterocycles. The van der Waals surface area contributed by atoms with Crippen LogP contribution in [0.2, 0.25) is 0 Å². The highest BCUT2D eigenvalue weighted by molar-refractivity contribution is 6.09. The van der Waals surface area contributed by atoms with E-state index in [2.05, 4.69) is 4.90 Å². The fourth-order valence-electron chi connectivity index (χ4n) is 4.49. The molecule has 1 saturated heterocycles. The number of piperidine rings is 1. The third-order valence-corrected chi connectivity index (χ3v) is 6.41. The van der Waals surface area contributed by atoms with E-state index in [0.717, 1.165) is 45.4 Å². The molecule has 1 amide bonds. The number of halogens is 1. The van der Waals surface area contributed by atoms with Gasteiger partial charge in [0.05, 0.1) is 5.56 Å². The highest BCUT2D eigenvalue weighted by Crippen LogP contribution is 2.23. The summed E-state index contributed by atoms with van der Waals surface area (Å²) in [4.78, 5) is 41.3. The third-order valence-electron chi connectivity index (χ3n) is 6.41.